The molecule has 1 aromatic carbocycles. The number of aromatic nitrogens is 4. The van der Waals surface area contributed by atoms with E-state index in [1.165, 1.54) is 19.2 Å². The molecule has 192 valence electrons. The molecule has 0 radical (unpaired) electrons. The van der Waals surface area contributed by atoms with Crippen LogP contribution < -0.4 is 4.74 Å². The van der Waals surface area contributed by atoms with Crippen LogP contribution >= 0.6 is 0 Å². The highest BCUT2D eigenvalue weighted by molar-refractivity contribution is 5.72. The monoisotopic (exact) mass is 510 g/mol. The molecule has 2 atom stereocenters. The van der Waals surface area contributed by atoms with Gasteiger partial charge in [0.2, 0.25) is 0 Å². The van der Waals surface area contributed by atoms with E-state index in [1.54, 1.807) is 48.1 Å². The Morgan fingerprint density at radius 2 is 1.95 bits per heavy atom. The van der Waals surface area contributed by atoms with Crippen molar-refractivity contribution in [1.29, 1.82) is 0 Å². The van der Waals surface area contributed by atoms with Crippen molar-refractivity contribution >= 4 is 11.6 Å². The number of halogens is 3. The van der Waals surface area contributed by atoms with Gasteiger partial charge >= 0.3 is 12.6 Å². The van der Waals surface area contributed by atoms with Gasteiger partial charge in [-0.3, -0.25) is 4.79 Å². The number of hydrogen-bond acceptors (Lipinski definition) is 6. The Labute approximate surface area is 211 Å². The number of nitrogens with zero attached hydrogens (tertiary/aromatic N) is 4. The fourth-order valence-corrected chi connectivity index (χ4v) is 4.98. The van der Waals surface area contributed by atoms with E-state index in [0.29, 0.717) is 34.7 Å². The number of imidazole rings is 1. The fraction of sp³-hybridized carbons (Fsp3) is 0.333. The third-order valence-corrected chi connectivity index (χ3v) is 6.87. The van der Waals surface area contributed by atoms with Crippen molar-refractivity contribution < 1.29 is 27.4 Å². The predicted molar refractivity (Wildman–Crippen MR) is 129 cm³/mol. The Bertz CT molecular complexity index is 1440. The lowest BCUT2D eigenvalue weighted by molar-refractivity contribution is -0.145. The van der Waals surface area contributed by atoms with Crippen molar-refractivity contribution in [3.63, 3.8) is 0 Å². The summed E-state index contributed by atoms with van der Waals surface area (Å²) in [6, 6.07) is 7.90. The number of pyridine rings is 1. The van der Waals surface area contributed by atoms with E-state index in [1.807, 2.05) is 0 Å². The Morgan fingerprint density at radius 1 is 1.19 bits per heavy atom. The molecule has 0 bridgehead atoms. The van der Waals surface area contributed by atoms with Crippen LogP contribution in [0.15, 0.2) is 48.9 Å². The van der Waals surface area contributed by atoms with Gasteiger partial charge in [-0.1, -0.05) is 18.2 Å². The maximum atomic E-state index is 15.1. The molecule has 0 amide bonds. The number of fused-ring (bicyclic) bond motifs is 1. The van der Waals surface area contributed by atoms with Gasteiger partial charge in [-0.15, -0.1) is 0 Å². The first kappa shape index (κ1) is 24.7. The fourth-order valence-electron chi connectivity index (χ4n) is 4.98. The number of esters is 1. The Balaban J connectivity index is 1.44. The average molecular weight is 511 g/mol. The van der Waals surface area contributed by atoms with Crippen LogP contribution in [0.4, 0.5) is 13.2 Å². The summed E-state index contributed by atoms with van der Waals surface area (Å²) in [5.41, 5.74) is 3.11. The van der Waals surface area contributed by atoms with E-state index >= 15 is 4.39 Å². The SMILES string of the molecule is COC(=O)C1CCC(c2ncc(-c3cn4c(Cc5ccccc5OC(F)F)c(C)nc4cc3F)cn2)C1. The smallest absolute Gasteiger partial charge is 0.387 e. The number of aryl methyl sites for hydroxylation is 1. The lowest BCUT2D eigenvalue weighted by Gasteiger charge is -2.12. The summed E-state index contributed by atoms with van der Waals surface area (Å²) in [6.45, 7) is -1.15. The minimum absolute atomic E-state index is 0.0453. The predicted octanol–water partition coefficient (Wildman–Crippen LogP) is 5.49. The molecule has 37 heavy (non-hydrogen) atoms. The molecular weight excluding hydrogens is 485 g/mol. The van der Waals surface area contributed by atoms with Gasteiger partial charge in [0.1, 0.15) is 23.0 Å². The van der Waals surface area contributed by atoms with E-state index in [-0.39, 0.29) is 35.5 Å². The first-order chi connectivity index (χ1) is 17.8. The molecule has 0 spiro atoms. The molecule has 3 aromatic heterocycles. The zero-order valence-corrected chi connectivity index (χ0v) is 20.3. The molecular formula is C27H25F3N4O3. The molecule has 4 aromatic rings. The van der Waals surface area contributed by atoms with Crippen LogP contribution in [-0.4, -0.2) is 39.0 Å². The number of carbonyl (C=O) groups is 1. The lowest BCUT2D eigenvalue weighted by Crippen LogP contribution is -2.13. The normalized spacial score (nSPS) is 17.5. The largest absolute Gasteiger partial charge is 0.469 e. The van der Waals surface area contributed by atoms with E-state index in [4.69, 9.17) is 4.74 Å². The third kappa shape index (κ3) is 5.00. The minimum atomic E-state index is -2.94. The molecule has 2 unspecified atom stereocenters. The first-order valence-electron chi connectivity index (χ1n) is 11.9. The zero-order chi connectivity index (χ0) is 26.1. The molecule has 7 nitrogen and oxygen atoms in total. The summed E-state index contributed by atoms with van der Waals surface area (Å²) in [7, 11) is 1.38. The number of carbonyl (C=O) groups excluding carboxylic acids is 1. The summed E-state index contributed by atoms with van der Waals surface area (Å²) in [6.07, 6.45) is 7.18. The van der Waals surface area contributed by atoms with E-state index in [0.717, 1.165) is 18.5 Å². The molecule has 0 aliphatic heterocycles. The van der Waals surface area contributed by atoms with E-state index < -0.39 is 12.4 Å². The van der Waals surface area contributed by atoms with Gasteiger partial charge < -0.3 is 13.9 Å². The van der Waals surface area contributed by atoms with Crippen LogP contribution in [-0.2, 0) is 16.0 Å². The second-order valence-electron chi connectivity index (χ2n) is 9.13. The van der Waals surface area contributed by atoms with Crippen LogP contribution in [0, 0.1) is 18.7 Å². The van der Waals surface area contributed by atoms with E-state index in [2.05, 4.69) is 19.7 Å². The van der Waals surface area contributed by atoms with Crippen molar-refractivity contribution in [2.24, 2.45) is 5.92 Å². The zero-order valence-electron chi connectivity index (χ0n) is 20.3. The molecule has 10 heteroatoms. The molecule has 1 aliphatic rings. The molecule has 3 heterocycles. The molecule has 1 fully saturated rings. The van der Waals surface area contributed by atoms with Crippen molar-refractivity contribution in [3.05, 3.63) is 77.5 Å². The summed E-state index contributed by atoms with van der Waals surface area (Å²) in [5.74, 6) is -0.107. The summed E-state index contributed by atoms with van der Waals surface area (Å²) >= 11 is 0. The number of benzene rings is 1. The molecule has 1 saturated carbocycles. The number of hydrogen-bond donors (Lipinski definition) is 0. The van der Waals surface area contributed by atoms with Gasteiger partial charge in [-0.2, -0.15) is 8.78 Å². The van der Waals surface area contributed by atoms with Gasteiger partial charge in [-0.25, -0.2) is 19.3 Å². The Kier molecular flexibility index (Phi) is 6.82. The van der Waals surface area contributed by atoms with E-state index in [9.17, 15) is 13.6 Å². The molecule has 5 rings (SSSR count). The van der Waals surface area contributed by atoms with Crippen LogP contribution in [0.3, 0.4) is 0 Å². The van der Waals surface area contributed by atoms with Gasteiger partial charge in [0.05, 0.1) is 18.7 Å². The highest BCUT2D eigenvalue weighted by atomic mass is 19.3. The number of rotatable bonds is 7. The van der Waals surface area contributed by atoms with Gasteiger partial charge in [0.25, 0.3) is 0 Å². The number of ether oxygens (including phenoxy) is 2. The highest BCUT2D eigenvalue weighted by Gasteiger charge is 2.33. The van der Waals surface area contributed by atoms with Crippen molar-refractivity contribution in [2.75, 3.05) is 7.11 Å². The summed E-state index contributed by atoms with van der Waals surface area (Å²) in [4.78, 5) is 25.2. The topological polar surface area (TPSA) is 78.6 Å². The van der Waals surface area contributed by atoms with Crippen LogP contribution in [0.2, 0.25) is 0 Å². The number of alkyl halides is 2. The average Bonchev–Trinajstić information content (AvgIpc) is 3.49. The third-order valence-electron chi connectivity index (χ3n) is 6.87. The van der Waals surface area contributed by atoms with Gasteiger partial charge in [-0.05, 0) is 32.3 Å². The Morgan fingerprint density at radius 3 is 2.68 bits per heavy atom. The van der Waals surface area contributed by atoms with Gasteiger partial charge in [0.15, 0.2) is 0 Å². The van der Waals surface area contributed by atoms with Crippen LogP contribution in [0.1, 0.15) is 48.0 Å². The molecule has 0 saturated heterocycles. The second-order valence-corrected chi connectivity index (χ2v) is 9.13. The summed E-state index contributed by atoms with van der Waals surface area (Å²) < 4.78 is 52.1. The van der Waals surface area contributed by atoms with Crippen LogP contribution in [0.25, 0.3) is 16.8 Å². The highest BCUT2D eigenvalue weighted by Crippen LogP contribution is 2.37. The molecule has 0 N–H and O–H groups in total. The quantitative estimate of drug-likeness (QED) is 0.306. The lowest BCUT2D eigenvalue weighted by atomic mass is 10.0. The van der Waals surface area contributed by atoms with Crippen molar-refractivity contribution in [2.45, 2.75) is 45.1 Å². The second kappa shape index (κ2) is 10.2. The Hall–Kier alpha value is -3.95. The summed E-state index contributed by atoms with van der Waals surface area (Å²) in [5, 5.41) is 0. The number of methoxy groups -OCH3 is 1. The maximum Gasteiger partial charge on any atom is 0.387 e. The standard InChI is InChI=1S/C27H25F3N4O3/c1-15-22(10-16-5-3-4-6-23(16)37-27(29)30)34-14-20(21(28)11-24(34)33-15)19-12-31-25(32-13-19)17-7-8-18(9-17)26(35)36-2/h3-6,11-14,17-18,27H,7-10H2,1-2H3. The van der Waals surface area contributed by atoms with Crippen molar-refractivity contribution in [3.8, 4) is 16.9 Å². The van der Waals surface area contributed by atoms with Gasteiger partial charge in [0, 0.05) is 59.4 Å². The minimum Gasteiger partial charge on any atom is -0.469 e. The maximum absolute atomic E-state index is 15.1. The van der Waals surface area contributed by atoms with Crippen LogP contribution in [0.5, 0.6) is 5.75 Å². The van der Waals surface area contributed by atoms with Crippen molar-refractivity contribution in [1.82, 2.24) is 19.4 Å². The molecule has 1 aliphatic carbocycles. The number of para-hydroxylation sites is 1. The first-order valence-corrected chi connectivity index (χ1v) is 11.9.